The fourth-order valence-corrected chi connectivity index (χ4v) is 2.93. The van der Waals surface area contributed by atoms with Gasteiger partial charge in [0.15, 0.2) is 0 Å². The predicted molar refractivity (Wildman–Crippen MR) is 87.5 cm³/mol. The molecule has 1 aromatic heterocycles. The summed E-state index contributed by atoms with van der Waals surface area (Å²) in [7, 11) is 0. The second-order valence-corrected chi connectivity index (χ2v) is 5.82. The Hall–Kier alpha value is -1.19. The molecule has 0 amide bonds. The molecule has 3 nitrogen and oxygen atoms in total. The van der Waals surface area contributed by atoms with Crippen LogP contribution in [0.5, 0.6) is 5.75 Å². The van der Waals surface area contributed by atoms with Gasteiger partial charge in [-0.3, -0.25) is 0 Å². The highest BCUT2D eigenvalue weighted by Crippen LogP contribution is 2.26. The van der Waals surface area contributed by atoms with Crippen LogP contribution in [-0.4, -0.2) is 16.6 Å². The number of H-pyrrole nitrogens is 1. The van der Waals surface area contributed by atoms with Gasteiger partial charge in [0.1, 0.15) is 5.75 Å². The van der Waals surface area contributed by atoms with Crippen molar-refractivity contribution in [2.45, 2.75) is 32.1 Å². The number of hydrogen-bond donors (Lipinski definition) is 1. The highest BCUT2D eigenvalue weighted by atomic mass is 35.5. The average Bonchev–Trinajstić information content (AvgIpc) is 2.93. The molecule has 5 heteroatoms. The van der Waals surface area contributed by atoms with Crippen molar-refractivity contribution in [3.05, 3.63) is 47.0 Å². The van der Waals surface area contributed by atoms with Gasteiger partial charge in [-0.15, -0.1) is 12.4 Å². The van der Waals surface area contributed by atoms with Crippen LogP contribution in [-0.2, 0) is 12.8 Å². The Bertz CT molecular complexity index is 554. The zero-order valence-electron chi connectivity index (χ0n) is 11.8. The summed E-state index contributed by atoms with van der Waals surface area (Å²) >= 11 is 5.84. The van der Waals surface area contributed by atoms with E-state index in [9.17, 15) is 0 Å². The highest BCUT2D eigenvalue weighted by Gasteiger charge is 2.19. The van der Waals surface area contributed by atoms with Gasteiger partial charge in [-0.1, -0.05) is 11.6 Å². The molecule has 1 unspecified atom stereocenters. The van der Waals surface area contributed by atoms with Gasteiger partial charge in [0.25, 0.3) is 0 Å². The summed E-state index contributed by atoms with van der Waals surface area (Å²) in [5.41, 5.74) is 2.60. The maximum Gasteiger partial charge on any atom is 0.119 e. The molecule has 0 radical (unpaired) electrons. The SMILES string of the molecule is Cl.Clc1ccc(OCCCC2CCc3[nH]cnc3C2)cc1. The molecule has 1 aliphatic rings. The maximum absolute atomic E-state index is 5.84. The Morgan fingerprint density at radius 2 is 2.10 bits per heavy atom. The smallest absolute Gasteiger partial charge is 0.119 e. The molecule has 0 bridgehead atoms. The second-order valence-electron chi connectivity index (χ2n) is 5.38. The number of aryl methyl sites for hydroxylation is 1. The van der Waals surface area contributed by atoms with Gasteiger partial charge in [-0.25, -0.2) is 4.98 Å². The molecule has 21 heavy (non-hydrogen) atoms. The molecule has 0 saturated heterocycles. The van der Waals surface area contributed by atoms with Gasteiger partial charge in [0.05, 0.1) is 18.6 Å². The number of fused-ring (bicyclic) bond motifs is 1. The monoisotopic (exact) mass is 326 g/mol. The molecule has 0 saturated carbocycles. The van der Waals surface area contributed by atoms with Crippen molar-refractivity contribution in [3.63, 3.8) is 0 Å². The third-order valence-electron chi connectivity index (χ3n) is 3.93. The zero-order valence-corrected chi connectivity index (χ0v) is 13.4. The van der Waals surface area contributed by atoms with E-state index in [0.29, 0.717) is 0 Å². The number of hydrogen-bond acceptors (Lipinski definition) is 2. The van der Waals surface area contributed by atoms with Crippen LogP contribution in [0.15, 0.2) is 30.6 Å². The Balaban J connectivity index is 0.00000161. The van der Waals surface area contributed by atoms with Crippen LogP contribution >= 0.6 is 24.0 Å². The fraction of sp³-hybridized carbons (Fsp3) is 0.438. The number of nitrogens with one attached hydrogen (secondary N) is 1. The first kappa shape index (κ1) is 16.2. The number of nitrogens with zero attached hydrogens (tertiary/aromatic N) is 1. The molecule has 1 aromatic carbocycles. The Kier molecular flexibility index (Phi) is 5.95. The number of aromatic amines is 1. The van der Waals surface area contributed by atoms with E-state index in [1.165, 1.54) is 24.2 Å². The van der Waals surface area contributed by atoms with E-state index in [4.69, 9.17) is 16.3 Å². The van der Waals surface area contributed by atoms with Crippen LogP contribution in [0.4, 0.5) is 0 Å². The predicted octanol–water partition coefficient (Wildman–Crippen LogP) is 4.45. The van der Waals surface area contributed by atoms with Gasteiger partial charge < -0.3 is 9.72 Å². The summed E-state index contributed by atoms with van der Waals surface area (Å²) in [6.07, 6.45) is 7.62. The van der Waals surface area contributed by atoms with Crippen molar-refractivity contribution in [1.82, 2.24) is 9.97 Å². The molecule has 114 valence electrons. The lowest BCUT2D eigenvalue weighted by Crippen LogP contribution is -2.15. The van der Waals surface area contributed by atoms with Gasteiger partial charge in [0.2, 0.25) is 0 Å². The third-order valence-corrected chi connectivity index (χ3v) is 4.18. The summed E-state index contributed by atoms with van der Waals surface area (Å²) < 4.78 is 5.73. The number of rotatable bonds is 5. The Morgan fingerprint density at radius 1 is 1.29 bits per heavy atom. The number of benzene rings is 1. The maximum atomic E-state index is 5.84. The van der Waals surface area contributed by atoms with E-state index >= 15 is 0 Å². The molecular weight excluding hydrogens is 307 g/mol. The molecule has 0 fully saturated rings. The van der Waals surface area contributed by atoms with Crippen molar-refractivity contribution in [3.8, 4) is 5.75 Å². The summed E-state index contributed by atoms with van der Waals surface area (Å²) in [6, 6.07) is 7.55. The van der Waals surface area contributed by atoms with Crippen molar-refractivity contribution in [2.24, 2.45) is 5.92 Å². The van der Waals surface area contributed by atoms with Crippen molar-refractivity contribution < 1.29 is 4.74 Å². The standard InChI is InChI=1S/C16H19ClN2O.ClH/c17-13-4-6-14(7-5-13)20-9-1-2-12-3-8-15-16(10-12)19-11-18-15;/h4-7,11-12H,1-3,8-10H2,(H,18,19);1H. The molecule has 2 aromatic rings. The van der Waals surface area contributed by atoms with Crippen molar-refractivity contribution in [2.75, 3.05) is 6.61 Å². The molecule has 1 heterocycles. The quantitative estimate of drug-likeness (QED) is 0.824. The van der Waals surface area contributed by atoms with Crippen LogP contribution in [0.1, 0.15) is 30.7 Å². The summed E-state index contributed by atoms with van der Waals surface area (Å²) in [5, 5.41) is 0.745. The minimum Gasteiger partial charge on any atom is -0.494 e. The first-order chi connectivity index (χ1) is 9.81. The third kappa shape index (κ3) is 4.39. The molecule has 0 spiro atoms. The summed E-state index contributed by atoms with van der Waals surface area (Å²) in [5.74, 6) is 1.65. The van der Waals surface area contributed by atoms with E-state index in [-0.39, 0.29) is 12.4 Å². The van der Waals surface area contributed by atoms with Gasteiger partial charge in [-0.05, 0) is 62.3 Å². The number of imidazole rings is 1. The largest absolute Gasteiger partial charge is 0.494 e. The minimum atomic E-state index is 0. The van der Waals surface area contributed by atoms with Crippen LogP contribution in [0.25, 0.3) is 0 Å². The highest BCUT2D eigenvalue weighted by molar-refractivity contribution is 6.30. The van der Waals surface area contributed by atoms with Crippen molar-refractivity contribution in [1.29, 1.82) is 0 Å². The summed E-state index contributed by atoms with van der Waals surface area (Å²) in [6.45, 7) is 0.769. The van der Waals surface area contributed by atoms with Crippen LogP contribution in [0, 0.1) is 5.92 Å². The fourth-order valence-electron chi connectivity index (χ4n) is 2.80. The number of ether oxygens (including phenoxy) is 1. The van der Waals surface area contributed by atoms with Crippen molar-refractivity contribution >= 4 is 24.0 Å². The molecule has 1 atom stereocenters. The Morgan fingerprint density at radius 3 is 2.90 bits per heavy atom. The lowest BCUT2D eigenvalue weighted by atomic mass is 9.87. The molecule has 0 aliphatic heterocycles. The van der Waals surface area contributed by atoms with E-state index < -0.39 is 0 Å². The number of halogens is 2. The number of aromatic nitrogens is 2. The van der Waals surface area contributed by atoms with Crippen LogP contribution in [0.2, 0.25) is 5.02 Å². The van der Waals surface area contributed by atoms with E-state index in [1.807, 2.05) is 30.6 Å². The van der Waals surface area contributed by atoms with E-state index in [0.717, 1.165) is 42.6 Å². The first-order valence-electron chi connectivity index (χ1n) is 7.21. The van der Waals surface area contributed by atoms with Gasteiger partial charge in [0, 0.05) is 10.7 Å². The van der Waals surface area contributed by atoms with Gasteiger partial charge in [-0.2, -0.15) is 0 Å². The lowest BCUT2D eigenvalue weighted by Gasteiger charge is -2.21. The molecule has 1 N–H and O–H groups in total. The molecular formula is C16H20Cl2N2O. The van der Waals surface area contributed by atoms with Crippen LogP contribution < -0.4 is 4.74 Å². The molecule has 1 aliphatic carbocycles. The van der Waals surface area contributed by atoms with E-state index in [1.54, 1.807) is 0 Å². The van der Waals surface area contributed by atoms with Crippen LogP contribution in [0.3, 0.4) is 0 Å². The van der Waals surface area contributed by atoms with E-state index in [2.05, 4.69) is 9.97 Å². The zero-order chi connectivity index (χ0) is 13.8. The minimum absolute atomic E-state index is 0. The Labute approximate surface area is 136 Å². The average molecular weight is 327 g/mol. The lowest BCUT2D eigenvalue weighted by molar-refractivity contribution is 0.285. The summed E-state index contributed by atoms with van der Waals surface area (Å²) in [4.78, 5) is 7.62. The topological polar surface area (TPSA) is 37.9 Å². The van der Waals surface area contributed by atoms with Gasteiger partial charge >= 0.3 is 0 Å². The second kappa shape index (κ2) is 7.71. The molecule has 3 rings (SSSR count). The first-order valence-corrected chi connectivity index (χ1v) is 7.58. The normalized spacial score (nSPS) is 16.9.